The molecule has 104 valence electrons. The van der Waals surface area contributed by atoms with Crippen molar-refractivity contribution in [2.75, 3.05) is 13.2 Å². The van der Waals surface area contributed by atoms with Gasteiger partial charge in [-0.05, 0) is 42.2 Å². The summed E-state index contributed by atoms with van der Waals surface area (Å²) in [7, 11) is 1.91. The molecule has 0 aliphatic rings. The Labute approximate surface area is 117 Å². The first kappa shape index (κ1) is 15.6. The highest BCUT2D eigenvalue weighted by molar-refractivity contribution is 9.10. The van der Waals surface area contributed by atoms with Crippen LogP contribution in [-0.2, 0) is 11.8 Å². The van der Waals surface area contributed by atoms with Gasteiger partial charge in [-0.1, -0.05) is 19.1 Å². The van der Waals surface area contributed by atoms with Crippen LogP contribution in [-0.4, -0.2) is 34.2 Å². The fourth-order valence-corrected chi connectivity index (χ4v) is 2.61. The van der Waals surface area contributed by atoms with Crippen molar-refractivity contribution in [2.45, 2.75) is 45.8 Å². The number of nitrogens with one attached hydrogen (secondary N) is 1. The minimum absolute atomic E-state index is 0.115. The van der Waals surface area contributed by atoms with E-state index in [1.165, 1.54) is 0 Å². The molecule has 0 fully saturated rings. The smallest absolute Gasteiger partial charge is 0.153 e. The molecular formula is C12H23BrN4O. The largest absolute Gasteiger partial charge is 0.376 e. The summed E-state index contributed by atoms with van der Waals surface area (Å²) in [6.45, 7) is 7.98. The van der Waals surface area contributed by atoms with E-state index in [1.54, 1.807) is 4.68 Å². The quantitative estimate of drug-likeness (QED) is 0.799. The van der Waals surface area contributed by atoms with Gasteiger partial charge in [0.1, 0.15) is 0 Å². The van der Waals surface area contributed by atoms with Crippen LogP contribution in [0.1, 0.15) is 45.3 Å². The highest BCUT2D eigenvalue weighted by Crippen LogP contribution is 2.26. The van der Waals surface area contributed by atoms with E-state index in [0.29, 0.717) is 6.61 Å². The summed E-state index contributed by atoms with van der Waals surface area (Å²) in [5.74, 6) is 0. The first-order valence-corrected chi connectivity index (χ1v) is 7.34. The number of hydrogen-bond acceptors (Lipinski definition) is 4. The number of hydrogen-bond donors (Lipinski definition) is 1. The monoisotopic (exact) mass is 318 g/mol. The molecule has 2 unspecified atom stereocenters. The number of aromatic nitrogens is 3. The van der Waals surface area contributed by atoms with Crippen LogP contribution >= 0.6 is 15.9 Å². The Morgan fingerprint density at radius 3 is 2.56 bits per heavy atom. The second kappa shape index (κ2) is 7.86. The Bertz CT molecular complexity index is 336. The molecule has 6 heteroatoms. The molecule has 0 bridgehead atoms. The molecule has 5 nitrogen and oxygen atoms in total. The minimum atomic E-state index is 0.115. The second-order valence-electron chi connectivity index (χ2n) is 4.22. The van der Waals surface area contributed by atoms with E-state index in [-0.39, 0.29) is 12.1 Å². The zero-order valence-electron chi connectivity index (χ0n) is 11.6. The third-order valence-corrected chi connectivity index (χ3v) is 3.46. The van der Waals surface area contributed by atoms with Crippen molar-refractivity contribution in [1.29, 1.82) is 0 Å². The van der Waals surface area contributed by atoms with E-state index < -0.39 is 0 Å². The molecule has 0 aliphatic heterocycles. The van der Waals surface area contributed by atoms with Gasteiger partial charge in [-0.15, -0.1) is 5.10 Å². The SMILES string of the molecule is CCCNC(c1c(Br)nnn1C)C(CC)OCC. The van der Waals surface area contributed by atoms with Gasteiger partial charge >= 0.3 is 0 Å². The Kier molecular flexibility index (Phi) is 6.81. The predicted octanol–water partition coefficient (Wildman–Crippen LogP) is 2.43. The van der Waals surface area contributed by atoms with Gasteiger partial charge in [0.2, 0.25) is 0 Å². The van der Waals surface area contributed by atoms with Crippen LogP contribution in [0.2, 0.25) is 0 Å². The predicted molar refractivity (Wildman–Crippen MR) is 75.4 cm³/mol. The summed E-state index contributed by atoms with van der Waals surface area (Å²) >= 11 is 3.47. The molecule has 0 aliphatic carbocycles. The zero-order chi connectivity index (χ0) is 13.5. The summed E-state index contributed by atoms with van der Waals surface area (Å²) in [6.07, 6.45) is 2.17. The molecule has 0 aromatic carbocycles. The van der Waals surface area contributed by atoms with Crippen LogP contribution in [0.4, 0.5) is 0 Å². The first-order chi connectivity index (χ1) is 8.65. The van der Waals surface area contributed by atoms with Crippen LogP contribution in [0.25, 0.3) is 0 Å². The van der Waals surface area contributed by atoms with Crippen LogP contribution in [0.15, 0.2) is 4.60 Å². The van der Waals surface area contributed by atoms with Gasteiger partial charge in [-0.2, -0.15) is 0 Å². The van der Waals surface area contributed by atoms with Gasteiger partial charge in [-0.25, -0.2) is 4.68 Å². The standard InChI is InChI=1S/C12H23BrN4O/c1-5-8-14-10(9(6-2)18-7-3)11-12(13)15-16-17(11)4/h9-10,14H,5-8H2,1-4H3. The second-order valence-corrected chi connectivity index (χ2v) is 4.97. The maximum Gasteiger partial charge on any atom is 0.153 e. The highest BCUT2D eigenvalue weighted by atomic mass is 79.9. The number of rotatable bonds is 8. The summed E-state index contributed by atoms with van der Waals surface area (Å²) in [4.78, 5) is 0. The molecule has 1 N–H and O–H groups in total. The molecule has 2 atom stereocenters. The van der Waals surface area contributed by atoms with Crippen molar-refractivity contribution >= 4 is 15.9 Å². The minimum Gasteiger partial charge on any atom is -0.376 e. The lowest BCUT2D eigenvalue weighted by atomic mass is 10.1. The van der Waals surface area contributed by atoms with Gasteiger partial charge in [0.15, 0.2) is 4.60 Å². The number of aryl methyl sites for hydroxylation is 1. The van der Waals surface area contributed by atoms with E-state index in [9.17, 15) is 0 Å². The molecule has 0 amide bonds. The third kappa shape index (κ3) is 3.76. The number of halogens is 1. The topological polar surface area (TPSA) is 52.0 Å². The molecule has 1 aromatic heterocycles. The Hall–Kier alpha value is -0.460. The fraction of sp³-hybridized carbons (Fsp3) is 0.833. The molecule has 0 saturated carbocycles. The van der Waals surface area contributed by atoms with Crippen LogP contribution in [0.3, 0.4) is 0 Å². The van der Waals surface area contributed by atoms with E-state index in [0.717, 1.165) is 29.7 Å². The molecule has 1 aromatic rings. The van der Waals surface area contributed by atoms with Gasteiger partial charge in [-0.3, -0.25) is 0 Å². The average Bonchev–Trinajstić information content (AvgIpc) is 2.69. The molecule has 0 spiro atoms. The van der Waals surface area contributed by atoms with Crippen molar-refractivity contribution < 1.29 is 4.74 Å². The number of ether oxygens (including phenoxy) is 1. The third-order valence-electron chi connectivity index (χ3n) is 2.89. The maximum absolute atomic E-state index is 5.83. The van der Waals surface area contributed by atoms with Gasteiger partial charge < -0.3 is 10.1 Å². The van der Waals surface area contributed by atoms with E-state index in [2.05, 4.69) is 45.4 Å². The molecule has 18 heavy (non-hydrogen) atoms. The summed E-state index contributed by atoms with van der Waals surface area (Å²) in [6, 6.07) is 0.115. The van der Waals surface area contributed by atoms with Crippen LogP contribution in [0.5, 0.6) is 0 Å². The average molecular weight is 319 g/mol. The van der Waals surface area contributed by atoms with Crippen molar-refractivity contribution in [3.63, 3.8) is 0 Å². The van der Waals surface area contributed by atoms with E-state index in [4.69, 9.17) is 4.74 Å². The van der Waals surface area contributed by atoms with E-state index >= 15 is 0 Å². The first-order valence-electron chi connectivity index (χ1n) is 6.55. The summed E-state index contributed by atoms with van der Waals surface area (Å²) < 4.78 is 8.43. The lowest BCUT2D eigenvalue weighted by Gasteiger charge is -2.27. The van der Waals surface area contributed by atoms with Crippen molar-refractivity contribution in [3.8, 4) is 0 Å². The molecule has 0 radical (unpaired) electrons. The molecule has 0 saturated heterocycles. The van der Waals surface area contributed by atoms with Crippen molar-refractivity contribution in [2.24, 2.45) is 7.05 Å². The maximum atomic E-state index is 5.83. The Morgan fingerprint density at radius 2 is 2.11 bits per heavy atom. The molecular weight excluding hydrogens is 296 g/mol. The normalized spacial score (nSPS) is 14.7. The lowest BCUT2D eigenvalue weighted by Crippen LogP contribution is -2.35. The zero-order valence-corrected chi connectivity index (χ0v) is 13.2. The highest BCUT2D eigenvalue weighted by Gasteiger charge is 2.27. The number of nitrogens with zero attached hydrogens (tertiary/aromatic N) is 3. The molecule has 1 heterocycles. The van der Waals surface area contributed by atoms with Gasteiger partial charge in [0.25, 0.3) is 0 Å². The summed E-state index contributed by atoms with van der Waals surface area (Å²) in [5, 5.41) is 11.6. The van der Waals surface area contributed by atoms with Crippen molar-refractivity contribution in [3.05, 3.63) is 10.3 Å². The van der Waals surface area contributed by atoms with Crippen LogP contribution < -0.4 is 5.32 Å². The lowest BCUT2D eigenvalue weighted by molar-refractivity contribution is 0.0292. The summed E-state index contributed by atoms with van der Waals surface area (Å²) in [5.41, 5.74) is 1.05. The van der Waals surface area contributed by atoms with Crippen molar-refractivity contribution in [1.82, 2.24) is 20.3 Å². The van der Waals surface area contributed by atoms with Gasteiger partial charge in [0.05, 0.1) is 17.8 Å². The molecule has 1 rings (SSSR count). The van der Waals surface area contributed by atoms with Gasteiger partial charge in [0, 0.05) is 13.7 Å². The fourth-order valence-electron chi connectivity index (χ4n) is 2.04. The van der Waals surface area contributed by atoms with Crippen LogP contribution in [0, 0.1) is 0 Å². The Balaban J connectivity index is 2.96. The Morgan fingerprint density at radius 1 is 1.39 bits per heavy atom. The van der Waals surface area contributed by atoms with E-state index in [1.807, 2.05) is 14.0 Å².